The van der Waals surface area contributed by atoms with Gasteiger partial charge in [0.25, 0.3) is 0 Å². The average molecular weight is 1070 g/mol. The summed E-state index contributed by atoms with van der Waals surface area (Å²) >= 11 is 0. The molecular formula is C55H105O17P. The summed E-state index contributed by atoms with van der Waals surface area (Å²) in [5.41, 5.74) is 0. The Bertz CT molecular complexity index is 1420. The lowest BCUT2D eigenvalue weighted by atomic mass is 9.92. The number of aliphatic hydroxyl groups is 4. The molecule has 73 heavy (non-hydrogen) atoms. The largest absolute Gasteiger partial charge is 0.470 e. The third-order valence-electron chi connectivity index (χ3n) is 13.8. The second kappa shape index (κ2) is 43.2. The van der Waals surface area contributed by atoms with E-state index in [1.165, 1.54) is 110 Å². The maximum atomic E-state index is 13.8. The van der Waals surface area contributed by atoms with Crippen LogP contribution in [0.4, 0.5) is 0 Å². The number of hydrogen-bond acceptors (Lipinski definition) is 15. The molecule has 5 unspecified atom stereocenters. The fourth-order valence-electron chi connectivity index (χ4n) is 9.08. The van der Waals surface area contributed by atoms with Crippen LogP contribution in [-0.2, 0) is 51.9 Å². The van der Waals surface area contributed by atoms with Crippen LogP contribution in [0.5, 0.6) is 0 Å². The summed E-state index contributed by atoms with van der Waals surface area (Å²) in [6.45, 7) is 9.65. The van der Waals surface area contributed by atoms with E-state index < -0.39 is 106 Å². The maximum absolute atomic E-state index is 13.8. The molecule has 0 radical (unpaired) electrons. The second-order valence-electron chi connectivity index (χ2n) is 20.9. The SMILES string of the molecule is CCCCCCCCCCCC(=O)O[C@H](CCCCCCCCCCC)CC(=O)OC1C(C)[C@H](OCC(OC(O)[C@@H](C)COC(=O)C[C@H](O)CCCCCCCCCCC)[C@H](C)O)OC(CO)[C@H]1OP(=O)(O)O. The van der Waals surface area contributed by atoms with Crippen LogP contribution in [0, 0.1) is 11.8 Å². The monoisotopic (exact) mass is 1070 g/mol. The fraction of sp³-hybridized carbons (Fsp3) is 0.945. The first kappa shape index (κ1) is 69.3. The van der Waals surface area contributed by atoms with Crippen LogP contribution >= 0.6 is 7.82 Å². The Morgan fingerprint density at radius 3 is 1.56 bits per heavy atom. The molecule has 0 aromatic heterocycles. The lowest BCUT2D eigenvalue weighted by Gasteiger charge is -2.44. The van der Waals surface area contributed by atoms with Crippen LogP contribution in [0.2, 0.25) is 0 Å². The quantitative estimate of drug-likeness (QED) is 0.0109. The predicted molar refractivity (Wildman–Crippen MR) is 281 cm³/mol. The van der Waals surface area contributed by atoms with Gasteiger partial charge >= 0.3 is 25.7 Å². The third kappa shape index (κ3) is 35.3. The smallest absolute Gasteiger partial charge is 0.465 e. The van der Waals surface area contributed by atoms with Crippen LogP contribution in [0.1, 0.15) is 247 Å². The van der Waals surface area contributed by atoms with E-state index in [9.17, 15) is 49.2 Å². The number of rotatable bonds is 48. The van der Waals surface area contributed by atoms with Crippen molar-refractivity contribution in [3.63, 3.8) is 0 Å². The molecule has 1 aliphatic rings. The molecule has 1 fully saturated rings. The van der Waals surface area contributed by atoms with Crippen LogP contribution < -0.4 is 0 Å². The third-order valence-corrected chi connectivity index (χ3v) is 14.3. The number of aliphatic hydroxyl groups excluding tert-OH is 4. The highest BCUT2D eigenvalue weighted by atomic mass is 31.2. The minimum Gasteiger partial charge on any atom is -0.465 e. The summed E-state index contributed by atoms with van der Waals surface area (Å²) in [6.07, 6.45) is 19.1. The Balaban J connectivity index is 2.93. The summed E-state index contributed by atoms with van der Waals surface area (Å²) in [7, 11) is -5.23. The highest BCUT2D eigenvalue weighted by Crippen LogP contribution is 2.43. The van der Waals surface area contributed by atoms with Crippen molar-refractivity contribution in [3.05, 3.63) is 0 Å². The summed E-state index contributed by atoms with van der Waals surface area (Å²) in [4.78, 5) is 59.2. The van der Waals surface area contributed by atoms with Crippen LogP contribution in [0.25, 0.3) is 0 Å². The fourth-order valence-corrected chi connectivity index (χ4v) is 9.65. The van der Waals surface area contributed by atoms with Gasteiger partial charge in [0, 0.05) is 18.3 Å². The van der Waals surface area contributed by atoms with Crippen molar-refractivity contribution in [2.24, 2.45) is 11.8 Å². The van der Waals surface area contributed by atoms with Gasteiger partial charge in [-0.2, -0.15) is 0 Å². The molecule has 0 spiro atoms. The van der Waals surface area contributed by atoms with Gasteiger partial charge in [-0.3, -0.25) is 18.9 Å². The zero-order valence-corrected chi connectivity index (χ0v) is 47.1. The van der Waals surface area contributed by atoms with Gasteiger partial charge in [-0.1, -0.05) is 195 Å². The van der Waals surface area contributed by atoms with Gasteiger partial charge in [0.05, 0.1) is 44.9 Å². The summed E-state index contributed by atoms with van der Waals surface area (Å²) in [5.74, 6) is -3.58. The molecule has 0 aliphatic carbocycles. The molecule has 1 heterocycles. The van der Waals surface area contributed by atoms with Gasteiger partial charge < -0.3 is 58.6 Å². The van der Waals surface area contributed by atoms with Crippen molar-refractivity contribution >= 4 is 25.7 Å². The van der Waals surface area contributed by atoms with Gasteiger partial charge in [-0.05, 0) is 32.6 Å². The summed E-state index contributed by atoms with van der Waals surface area (Å²) in [6, 6.07) is 0. The van der Waals surface area contributed by atoms with E-state index in [4.69, 9.17) is 32.9 Å². The van der Waals surface area contributed by atoms with E-state index in [0.717, 1.165) is 64.2 Å². The first-order valence-corrected chi connectivity index (χ1v) is 30.3. The standard InChI is InChI=1S/C55H105O17P/c1-7-10-13-16-19-22-25-28-31-34-45(58)37-50(60)66-40-42(4)54(62)69-48(44(6)57)41-67-55-43(5)52(53(47(39-56)70-55)72-73(63,64)65)71-51(61)38-46(35-32-29-26-23-20-17-14-11-8-2)68-49(59)36-33-30-27-24-21-18-15-12-9-3/h42-48,52-58,62H,7-41H2,1-6H3,(H2,63,64,65)/t42-,43?,44-,45+,46+,47?,48?,52?,53+,54?,55+/m0/s1. The van der Waals surface area contributed by atoms with E-state index in [1.54, 1.807) is 6.92 Å². The zero-order valence-electron chi connectivity index (χ0n) is 46.2. The number of unbranched alkanes of at least 4 members (excludes halogenated alkanes) is 24. The maximum Gasteiger partial charge on any atom is 0.470 e. The molecule has 0 aromatic carbocycles. The molecule has 0 bridgehead atoms. The number of phosphoric ester groups is 1. The van der Waals surface area contributed by atoms with Crippen molar-refractivity contribution in [2.75, 3.05) is 19.8 Å². The molecule has 1 aliphatic heterocycles. The number of esters is 3. The van der Waals surface area contributed by atoms with Crippen molar-refractivity contribution in [1.82, 2.24) is 0 Å². The Morgan fingerprint density at radius 1 is 0.603 bits per heavy atom. The van der Waals surface area contributed by atoms with Crippen molar-refractivity contribution in [1.29, 1.82) is 0 Å². The molecule has 1 rings (SSSR count). The minimum atomic E-state index is -5.23. The molecule has 0 aromatic rings. The normalized spacial score (nSPS) is 20.7. The van der Waals surface area contributed by atoms with Gasteiger partial charge in [-0.15, -0.1) is 0 Å². The van der Waals surface area contributed by atoms with Gasteiger partial charge in [-0.25, -0.2) is 4.57 Å². The van der Waals surface area contributed by atoms with Crippen molar-refractivity contribution < 1.29 is 82.1 Å². The topological polar surface area (TPSA) is 254 Å². The summed E-state index contributed by atoms with van der Waals surface area (Å²) in [5, 5.41) is 42.3. The van der Waals surface area contributed by atoms with E-state index in [-0.39, 0.29) is 25.9 Å². The van der Waals surface area contributed by atoms with E-state index in [0.29, 0.717) is 25.7 Å². The molecule has 6 N–H and O–H groups in total. The van der Waals surface area contributed by atoms with E-state index >= 15 is 0 Å². The Morgan fingerprint density at radius 2 is 1.08 bits per heavy atom. The molecule has 18 heteroatoms. The second-order valence-corrected chi connectivity index (χ2v) is 22.1. The number of ether oxygens (including phenoxy) is 6. The van der Waals surface area contributed by atoms with Gasteiger partial charge in [0.2, 0.25) is 0 Å². The number of hydrogen-bond donors (Lipinski definition) is 6. The van der Waals surface area contributed by atoms with Crippen LogP contribution in [0.3, 0.4) is 0 Å². The molecule has 17 nitrogen and oxygen atoms in total. The zero-order chi connectivity index (χ0) is 54.3. The molecule has 1 saturated heterocycles. The Kier molecular flexibility index (Phi) is 41.0. The molecule has 432 valence electrons. The Hall–Kier alpha value is -1.76. The predicted octanol–water partition coefficient (Wildman–Crippen LogP) is 10.8. The Labute approximate surface area is 440 Å². The van der Waals surface area contributed by atoms with E-state index in [2.05, 4.69) is 20.8 Å². The van der Waals surface area contributed by atoms with Gasteiger partial charge in [0.1, 0.15) is 30.5 Å². The number of carbonyl (C=O) groups excluding carboxylic acids is 3. The van der Waals surface area contributed by atoms with Crippen molar-refractivity contribution in [3.8, 4) is 0 Å². The molecule has 0 amide bonds. The van der Waals surface area contributed by atoms with Crippen molar-refractivity contribution in [2.45, 2.75) is 302 Å². The highest BCUT2D eigenvalue weighted by Gasteiger charge is 2.50. The molecular weight excluding hydrogens is 964 g/mol. The average Bonchev–Trinajstić information content (AvgIpc) is 3.33. The van der Waals surface area contributed by atoms with E-state index in [1.807, 2.05) is 0 Å². The first-order valence-electron chi connectivity index (χ1n) is 28.8. The lowest BCUT2D eigenvalue weighted by molar-refractivity contribution is -0.295. The lowest BCUT2D eigenvalue weighted by Crippen LogP contribution is -2.58. The molecule has 11 atom stereocenters. The first-order chi connectivity index (χ1) is 35.0. The van der Waals surface area contributed by atoms with Crippen LogP contribution in [-0.4, -0.2) is 123 Å². The minimum absolute atomic E-state index is 0.178. The number of carbonyl (C=O) groups is 3. The number of phosphoric acid groups is 1. The van der Waals surface area contributed by atoms with Gasteiger partial charge in [0.15, 0.2) is 12.6 Å². The highest BCUT2D eigenvalue weighted by molar-refractivity contribution is 7.46. The summed E-state index contributed by atoms with van der Waals surface area (Å²) < 4.78 is 52.1. The molecule has 0 saturated carbocycles. The van der Waals surface area contributed by atoms with Crippen LogP contribution in [0.15, 0.2) is 0 Å².